The number of nitrogens with zero attached hydrogens (tertiary/aromatic N) is 4. The van der Waals surface area contributed by atoms with Crippen LogP contribution in [0.1, 0.15) is 15.9 Å². The van der Waals surface area contributed by atoms with Crippen molar-refractivity contribution in [3.63, 3.8) is 0 Å². The van der Waals surface area contributed by atoms with Crippen LogP contribution in [0.3, 0.4) is 0 Å². The van der Waals surface area contributed by atoms with Crippen molar-refractivity contribution in [2.45, 2.75) is 6.42 Å². The number of carbonyl (C=O) groups excluding carboxylic acids is 1. The molecule has 4 aromatic rings. The first-order valence-electron chi connectivity index (χ1n) is 9.00. The molecule has 0 aliphatic rings. The van der Waals surface area contributed by atoms with Crippen LogP contribution in [0, 0.1) is 0 Å². The number of methoxy groups -OCH3 is 1. The van der Waals surface area contributed by atoms with Crippen molar-refractivity contribution in [1.82, 2.24) is 19.9 Å². The summed E-state index contributed by atoms with van der Waals surface area (Å²) in [6, 6.07) is 12.8. The van der Waals surface area contributed by atoms with Crippen LogP contribution in [-0.4, -0.2) is 39.6 Å². The molecule has 0 saturated heterocycles. The van der Waals surface area contributed by atoms with Crippen LogP contribution in [-0.2, 0) is 11.2 Å². The van der Waals surface area contributed by atoms with E-state index in [4.69, 9.17) is 9.47 Å². The number of hydrogen-bond donors (Lipinski definition) is 0. The van der Waals surface area contributed by atoms with Crippen LogP contribution in [0.15, 0.2) is 67.3 Å². The van der Waals surface area contributed by atoms with Gasteiger partial charge in [-0.3, -0.25) is 14.8 Å². The van der Waals surface area contributed by atoms with E-state index in [0.29, 0.717) is 28.2 Å². The highest BCUT2D eigenvalue weighted by Gasteiger charge is 2.10. The van der Waals surface area contributed by atoms with E-state index in [2.05, 4.69) is 19.9 Å². The quantitative estimate of drug-likeness (QED) is 0.355. The molecule has 29 heavy (non-hydrogen) atoms. The number of benzene rings is 1. The molecule has 3 heterocycles. The zero-order valence-electron chi connectivity index (χ0n) is 15.8. The van der Waals surface area contributed by atoms with Crippen LogP contribution in [0.25, 0.3) is 22.4 Å². The average Bonchev–Trinajstić information content (AvgIpc) is 2.78. The maximum absolute atomic E-state index is 12.4. The summed E-state index contributed by atoms with van der Waals surface area (Å²) in [5.41, 5.74) is 3.58. The number of ether oxygens (including phenoxy) is 2. The minimum atomic E-state index is -0.0137. The predicted molar refractivity (Wildman–Crippen MR) is 108 cm³/mol. The Kier molecular flexibility index (Phi) is 5.49. The molecule has 0 fully saturated rings. The molecule has 0 aliphatic carbocycles. The van der Waals surface area contributed by atoms with Gasteiger partial charge in [-0.15, -0.1) is 0 Å². The minimum absolute atomic E-state index is 0.0137. The van der Waals surface area contributed by atoms with Gasteiger partial charge in [0.25, 0.3) is 0 Å². The van der Waals surface area contributed by atoms with Crippen LogP contribution in [0.2, 0.25) is 0 Å². The van der Waals surface area contributed by atoms with Crippen molar-refractivity contribution in [3.8, 4) is 17.1 Å². The Hall–Kier alpha value is -3.71. The summed E-state index contributed by atoms with van der Waals surface area (Å²) in [4.78, 5) is 29.8. The maximum atomic E-state index is 12.4. The van der Waals surface area contributed by atoms with Crippen LogP contribution in [0.5, 0.6) is 5.75 Å². The normalized spacial score (nSPS) is 10.8. The van der Waals surface area contributed by atoms with Crippen molar-refractivity contribution in [2.24, 2.45) is 0 Å². The van der Waals surface area contributed by atoms with Crippen molar-refractivity contribution < 1.29 is 14.3 Å². The summed E-state index contributed by atoms with van der Waals surface area (Å²) in [6.07, 6.45) is 6.81. The first kappa shape index (κ1) is 18.6. The summed E-state index contributed by atoms with van der Waals surface area (Å²) in [7, 11) is 1.57. The molecule has 0 spiro atoms. The summed E-state index contributed by atoms with van der Waals surface area (Å²) in [6.45, 7) is 0.192. The summed E-state index contributed by atoms with van der Waals surface area (Å²) >= 11 is 0. The van der Waals surface area contributed by atoms with Gasteiger partial charge in [-0.05, 0) is 48.0 Å². The van der Waals surface area contributed by atoms with Crippen molar-refractivity contribution in [2.75, 3.05) is 13.9 Å². The van der Waals surface area contributed by atoms with Crippen LogP contribution in [0.4, 0.5) is 0 Å². The molecular formula is C22H18N4O3. The number of hydrogen-bond acceptors (Lipinski definition) is 7. The lowest BCUT2D eigenvalue weighted by molar-refractivity contribution is 0.0511. The van der Waals surface area contributed by atoms with Gasteiger partial charge in [0, 0.05) is 43.2 Å². The van der Waals surface area contributed by atoms with E-state index < -0.39 is 0 Å². The molecule has 0 radical (unpaired) electrons. The molecule has 0 atom stereocenters. The fraction of sp³-hybridized carbons (Fsp3) is 0.136. The number of carbonyl (C=O) groups is 1. The number of fused-ring (bicyclic) bond motifs is 1. The molecule has 0 N–H and O–H groups in total. The van der Waals surface area contributed by atoms with Gasteiger partial charge in [-0.1, -0.05) is 0 Å². The molecule has 4 rings (SSSR count). The van der Waals surface area contributed by atoms with Crippen molar-refractivity contribution in [3.05, 3.63) is 78.4 Å². The lowest BCUT2D eigenvalue weighted by Crippen LogP contribution is -2.04. The molecule has 1 aromatic carbocycles. The zero-order chi connectivity index (χ0) is 20.1. The monoisotopic (exact) mass is 386 g/mol. The first-order chi connectivity index (χ1) is 14.2. The van der Waals surface area contributed by atoms with E-state index in [-0.39, 0.29) is 19.0 Å². The average molecular weight is 386 g/mol. The minimum Gasteiger partial charge on any atom is -0.468 e. The molecule has 7 nitrogen and oxygen atoms in total. The summed E-state index contributed by atoms with van der Waals surface area (Å²) in [5, 5.41) is 0. The standard InChI is InChI=1S/C22H18N4O3/c1-28-14-29-18-6-4-16(5-7-18)22-25-13-20-19(26-22)9-15(11-24-20)10-21(27)17-3-2-8-23-12-17/h2-9,11-13H,10,14H2,1H3. The van der Waals surface area contributed by atoms with Gasteiger partial charge < -0.3 is 9.47 Å². The number of rotatable bonds is 7. The van der Waals surface area contributed by atoms with Gasteiger partial charge in [0.05, 0.1) is 11.7 Å². The first-order valence-corrected chi connectivity index (χ1v) is 9.00. The third-order valence-electron chi connectivity index (χ3n) is 4.29. The topological polar surface area (TPSA) is 87.1 Å². The second-order valence-electron chi connectivity index (χ2n) is 6.36. The Labute approximate surface area is 167 Å². The Morgan fingerprint density at radius 2 is 1.86 bits per heavy atom. The largest absolute Gasteiger partial charge is 0.468 e. The van der Waals surface area contributed by atoms with E-state index in [1.165, 1.54) is 0 Å². The van der Waals surface area contributed by atoms with Gasteiger partial charge in [0.1, 0.15) is 11.3 Å². The maximum Gasteiger partial charge on any atom is 0.188 e. The molecule has 0 aliphatic heterocycles. The van der Waals surface area contributed by atoms with E-state index in [1.54, 1.807) is 44.0 Å². The molecule has 0 amide bonds. The summed E-state index contributed by atoms with van der Waals surface area (Å²) < 4.78 is 10.3. The van der Waals surface area contributed by atoms with Gasteiger partial charge in [-0.2, -0.15) is 0 Å². The molecule has 144 valence electrons. The molecule has 3 aromatic heterocycles. The smallest absolute Gasteiger partial charge is 0.188 e. The van der Waals surface area contributed by atoms with Crippen LogP contribution >= 0.6 is 0 Å². The summed E-state index contributed by atoms with van der Waals surface area (Å²) in [5.74, 6) is 1.27. The Morgan fingerprint density at radius 1 is 1.00 bits per heavy atom. The van der Waals surface area contributed by atoms with Gasteiger partial charge in [0.15, 0.2) is 18.4 Å². The second kappa shape index (κ2) is 8.53. The van der Waals surface area contributed by atoms with E-state index in [1.807, 2.05) is 30.3 Å². The third kappa shape index (κ3) is 4.41. The molecule has 0 unspecified atom stereocenters. The predicted octanol–water partition coefficient (Wildman–Crippen LogP) is 3.49. The van der Waals surface area contributed by atoms with E-state index in [0.717, 1.165) is 11.1 Å². The zero-order valence-corrected chi connectivity index (χ0v) is 15.8. The van der Waals surface area contributed by atoms with Gasteiger partial charge in [-0.25, -0.2) is 9.97 Å². The Balaban J connectivity index is 1.57. The number of pyridine rings is 2. The van der Waals surface area contributed by atoms with Crippen molar-refractivity contribution in [1.29, 1.82) is 0 Å². The number of aromatic nitrogens is 4. The fourth-order valence-corrected chi connectivity index (χ4v) is 2.84. The highest BCUT2D eigenvalue weighted by molar-refractivity contribution is 5.97. The molecular weight excluding hydrogens is 368 g/mol. The lowest BCUT2D eigenvalue weighted by atomic mass is 10.1. The lowest BCUT2D eigenvalue weighted by Gasteiger charge is -2.07. The SMILES string of the molecule is COCOc1ccc(-c2ncc3ncc(CC(=O)c4cccnc4)cc3n2)cc1. The third-order valence-corrected chi connectivity index (χ3v) is 4.29. The molecule has 0 bridgehead atoms. The van der Waals surface area contributed by atoms with E-state index >= 15 is 0 Å². The van der Waals surface area contributed by atoms with Crippen LogP contribution < -0.4 is 4.74 Å². The highest BCUT2D eigenvalue weighted by Crippen LogP contribution is 2.21. The highest BCUT2D eigenvalue weighted by atomic mass is 16.7. The Bertz CT molecular complexity index is 1130. The second-order valence-corrected chi connectivity index (χ2v) is 6.36. The molecule has 0 saturated carbocycles. The molecule has 7 heteroatoms. The van der Waals surface area contributed by atoms with Gasteiger partial charge in [0.2, 0.25) is 0 Å². The van der Waals surface area contributed by atoms with E-state index in [9.17, 15) is 4.79 Å². The fourth-order valence-electron chi connectivity index (χ4n) is 2.84. The van der Waals surface area contributed by atoms with Gasteiger partial charge >= 0.3 is 0 Å². The Morgan fingerprint density at radius 3 is 2.62 bits per heavy atom. The van der Waals surface area contributed by atoms with Crippen molar-refractivity contribution >= 4 is 16.8 Å². The number of Topliss-reactive ketones (excluding diaryl/α,β-unsaturated/α-hetero) is 1. The number of ketones is 1.